The molecule has 6 heteroatoms. The van der Waals surface area contributed by atoms with Crippen LogP contribution in [-0.2, 0) is 11.3 Å². The highest BCUT2D eigenvalue weighted by molar-refractivity contribution is 5.77. The number of anilines is 1. The van der Waals surface area contributed by atoms with Crippen molar-refractivity contribution in [2.24, 2.45) is 5.92 Å². The number of hydrogen-bond acceptors (Lipinski definition) is 6. The summed E-state index contributed by atoms with van der Waals surface area (Å²) in [5.74, 6) is 1.60. The lowest BCUT2D eigenvalue weighted by molar-refractivity contribution is 0.104. The van der Waals surface area contributed by atoms with Crippen LogP contribution in [0.15, 0.2) is 53.4 Å². The maximum absolute atomic E-state index is 5.99. The van der Waals surface area contributed by atoms with E-state index in [0.717, 1.165) is 61.9 Å². The molecule has 2 aliphatic rings. The van der Waals surface area contributed by atoms with Gasteiger partial charge in [0.25, 0.3) is 0 Å². The van der Waals surface area contributed by atoms with E-state index in [9.17, 15) is 0 Å². The van der Waals surface area contributed by atoms with E-state index in [4.69, 9.17) is 13.9 Å². The molecule has 1 atom stereocenters. The molecule has 0 bridgehead atoms. The summed E-state index contributed by atoms with van der Waals surface area (Å²) in [6, 6.07) is 10.9. The monoisotopic (exact) mass is 435 g/mol. The molecule has 2 fully saturated rings. The Morgan fingerprint density at radius 3 is 2.91 bits per heavy atom. The number of benzene rings is 1. The van der Waals surface area contributed by atoms with Crippen molar-refractivity contribution in [3.8, 4) is 5.75 Å². The maximum atomic E-state index is 5.99. The summed E-state index contributed by atoms with van der Waals surface area (Å²) in [5.41, 5.74) is 3.27. The first-order chi connectivity index (χ1) is 15.8. The fourth-order valence-electron chi connectivity index (χ4n) is 4.76. The smallest absolute Gasteiger partial charge is 0.139 e. The highest BCUT2D eigenvalue weighted by Gasteiger charge is 2.20. The third-order valence-corrected chi connectivity index (χ3v) is 6.75. The molecule has 0 aliphatic carbocycles. The van der Waals surface area contributed by atoms with Gasteiger partial charge in [-0.15, -0.1) is 0 Å². The number of furan rings is 1. The number of pyridine rings is 1. The van der Waals surface area contributed by atoms with Gasteiger partial charge in [0, 0.05) is 37.2 Å². The van der Waals surface area contributed by atoms with Crippen LogP contribution in [0.25, 0.3) is 11.0 Å². The Bertz CT molecular complexity index is 991. The van der Waals surface area contributed by atoms with E-state index in [1.165, 1.54) is 36.9 Å². The van der Waals surface area contributed by atoms with Gasteiger partial charge < -0.3 is 24.1 Å². The second-order valence-corrected chi connectivity index (χ2v) is 9.05. The van der Waals surface area contributed by atoms with E-state index in [0.29, 0.717) is 12.6 Å². The molecule has 0 unspecified atom stereocenters. The Balaban J connectivity index is 1.03. The molecule has 6 nitrogen and oxygen atoms in total. The van der Waals surface area contributed by atoms with Crippen molar-refractivity contribution >= 4 is 16.7 Å². The van der Waals surface area contributed by atoms with Crippen LogP contribution in [0.2, 0.25) is 0 Å². The number of fused-ring (bicyclic) bond motifs is 1. The summed E-state index contributed by atoms with van der Waals surface area (Å²) in [5, 5.41) is 4.61. The van der Waals surface area contributed by atoms with Gasteiger partial charge in [0.2, 0.25) is 0 Å². The molecule has 4 heterocycles. The van der Waals surface area contributed by atoms with Crippen LogP contribution in [0.1, 0.15) is 37.7 Å². The van der Waals surface area contributed by atoms with E-state index in [1.807, 2.05) is 18.5 Å². The summed E-state index contributed by atoms with van der Waals surface area (Å²) >= 11 is 0. The fraction of sp³-hybridized carbons (Fsp3) is 0.500. The first-order valence-corrected chi connectivity index (χ1v) is 11.9. The Morgan fingerprint density at radius 2 is 2.03 bits per heavy atom. The van der Waals surface area contributed by atoms with E-state index < -0.39 is 0 Å². The highest BCUT2D eigenvalue weighted by Crippen LogP contribution is 2.27. The normalized spacial score (nSPS) is 19.6. The number of nitrogens with zero attached hydrogens (tertiary/aromatic N) is 2. The molecule has 2 aliphatic heterocycles. The van der Waals surface area contributed by atoms with E-state index >= 15 is 0 Å². The molecule has 32 heavy (non-hydrogen) atoms. The van der Waals surface area contributed by atoms with Crippen LogP contribution in [0.4, 0.5) is 5.69 Å². The lowest BCUT2D eigenvalue weighted by Gasteiger charge is -2.33. The zero-order chi connectivity index (χ0) is 21.6. The average Bonchev–Trinajstić information content (AvgIpc) is 3.53. The second-order valence-electron chi connectivity index (χ2n) is 9.05. The SMILES string of the molecule is c1cc2ccc(COCCC3CCN(c4cncc(OC[C@@H]5CCCN5)c4)CC3)cc2o1. The number of nitrogens with one attached hydrogen (secondary N) is 1. The Kier molecular flexibility index (Phi) is 6.89. The van der Waals surface area contributed by atoms with Crippen LogP contribution >= 0.6 is 0 Å². The predicted molar refractivity (Wildman–Crippen MR) is 126 cm³/mol. The van der Waals surface area contributed by atoms with Crippen molar-refractivity contribution < 1.29 is 13.9 Å². The largest absolute Gasteiger partial charge is 0.490 e. The molecule has 2 saturated heterocycles. The number of rotatable bonds is 9. The Hall–Kier alpha value is -2.57. The number of hydrogen-bond donors (Lipinski definition) is 1. The van der Waals surface area contributed by atoms with Gasteiger partial charge in [-0.25, -0.2) is 0 Å². The Morgan fingerprint density at radius 1 is 1.09 bits per heavy atom. The van der Waals surface area contributed by atoms with Crippen LogP contribution in [0.5, 0.6) is 5.75 Å². The molecule has 170 valence electrons. The topological polar surface area (TPSA) is 59.8 Å². The maximum Gasteiger partial charge on any atom is 0.139 e. The van der Waals surface area contributed by atoms with Gasteiger partial charge in [-0.1, -0.05) is 12.1 Å². The minimum Gasteiger partial charge on any atom is -0.490 e. The lowest BCUT2D eigenvalue weighted by Crippen LogP contribution is -2.34. The minimum atomic E-state index is 0.477. The molecule has 0 amide bonds. The van der Waals surface area contributed by atoms with E-state index in [1.54, 1.807) is 6.26 Å². The van der Waals surface area contributed by atoms with Gasteiger partial charge in [0.1, 0.15) is 17.9 Å². The van der Waals surface area contributed by atoms with E-state index in [-0.39, 0.29) is 0 Å². The van der Waals surface area contributed by atoms with Gasteiger partial charge in [0.15, 0.2) is 0 Å². The van der Waals surface area contributed by atoms with Crippen molar-refractivity contribution in [1.29, 1.82) is 0 Å². The van der Waals surface area contributed by atoms with E-state index in [2.05, 4.69) is 39.5 Å². The molecule has 3 aromatic rings. The molecule has 1 N–H and O–H groups in total. The third kappa shape index (κ3) is 5.43. The van der Waals surface area contributed by atoms with Crippen LogP contribution in [0.3, 0.4) is 0 Å². The summed E-state index contributed by atoms with van der Waals surface area (Å²) < 4.78 is 17.4. The lowest BCUT2D eigenvalue weighted by atomic mass is 9.94. The highest BCUT2D eigenvalue weighted by atomic mass is 16.5. The molecule has 0 radical (unpaired) electrons. The zero-order valence-electron chi connectivity index (χ0n) is 18.7. The molecule has 5 rings (SSSR count). The minimum absolute atomic E-state index is 0.477. The van der Waals surface area contributed by atoms with Gasteiger partial charge in [-0.2, -0.15) is 0 Å². The van der Waals surface area contributed by atoms with Crippen LogP contribution < -0.4 is 15.0 Å². The van der Waals surface area contributed by atoms with Crippen molar-refractivity contribution in [3.05, 3.63) is 54.6 Å². The van der Waals surface area contributed by atoms with Gasteiger partial charge >= 0.3 is 0 Å². The molecule has 1 aromatic carbocycles. The van der Waals surface area contributed by atoms with Gasteiger partial charge in [0.05, 0.1) is 31.0 Å². The third-order valence-electron chi connectivity index (χ3n) is 6.75. The summed E-state index contributed by atoms with van der Waals surface area (Å²) in [7, 11) is 0. The van der Waals surface area contributed by atoms with Gasteiger partial charge in [-0.05, 0) is 62.3 Å². The van der Waals surface area contributed by atoms with Crippen molar-refractivity contribution in [2.75, 3.05) is 37.7 Å². The summed E-state index contributed by atoms with van der Waals surface area (Å²) in [6.07, 6.45) is 11.5. The standard InChI is InChI=1S/C26H33N3O3/c1-2-23(28-9-1)19-32-25-15-24(16-27-17-25)29-10-5-20(6-11-29)7-12-30-18-21-3-4-22-8-13-31-26(22)14-21/h3-4,8,13-17,20,23,28H,1-2,5-7,9-12,18-19H2/t23-/m0/s1. The number of aromatic nitrogens is 1. The van der Waals surface area contributed by atoms with Gasteiger partial charge in [-0.3, -0.25) is 4.98 Å². The quantitative estimate of drug-likeness (QED) is 0.488. The first-order valence-electron chi connectivity index (χ1n) is 11.9. The second kappa shape index (κ2) is 10.4. The van der Waals surface area contributed by atoms with Crippen molar-refractivity contribution in [2.45, 2.75) is 44.8 Å². The van der Waals surface area contributed by atoms with Crippen molar-refractivity contribution in [1.82, 2.24) is 10.3 Å². The fourth-order valence-corrected chi connectivity index (χ4v) is 4.76. The summed E-state index contributed by atoms with van der Waals surface area (Å²) in [4.78, 5) is 6.85. The van der Waals surface area contributed by atoms with Crippen molar-refractivity contribution in [3.63, 3.8) is 0 Å². The zero-order valence-corrected chi connectivity index (χ0v) is 18.7. The molecule has 0 spiro atoms. The average molecular weight is 436 g/mol. The predicted octanol–water partition coefficient (Wildman–Crippen LogP) is 4.78. The van der Waals surface area contributed by atoms with Crippen LogP contribution in [-0.4, -0.2) is 43.9 Å². The summed E-state index contributed by atoms with van der Waals surface area (Å²) in [6.45, 7) is 5.41. The molecular weight excluding hydrogens is 402 g/mol. The number of piperidine rings is 1. The number of ether oxygens (including phenoxy) is 2. The first kappa shape index (κ1) is 21.3. The molecule has 2 aromatic heterocycles. The Labute approximate surface area is 189 Å². The molecule has 0 saturated carbocycles. The molecular formula is C26H33N3O3. The van der Waals surface area contributed by atoms with Crippen LogP contribution in [0, 0.1) is 5.92 Å².